The zero-order valence-electron chi connectivity index (χ0n) is 28.4. The first-order chi connectivity index (χ1) is 26.8. The predicted molar refractivity (Wildman–Crippen MR) is 212 cm³/mol. The molecule has 0 saturated carbocycles. The van der Waals surface area contributed by atoms with E-state index in [2.05, 4.69) is 72.8 Å². The summed E-state index contributed by atoms with van der Waals surface area (Å²) in [4.78, 5) is 41.2. The van der Waals surface area contributed by atoms with Crippen molar-refractivity contribution in [3.8, 4) is 90.1 Å². The minimum atomic E-state index is 0.505. The molecule has 0 N–H and O–H groups in total. The molecule has 0 spiro atoms. The van der Waals surface area contributed by atoms with Crippen LogP contribution in [0, 0.1) is 0 Å². The molecular formula is C46H24N8. The highest BCUT2D eigenvalue weighted by Gasteiger charge is 2.34. The van der Waals surface area contributed by atoms with Crippen LogP contribution in [0.3, 0.4) is 0 Å². The smallest absolute Gasteiger partial charge is 0.199 e. The van der Waals surface area contributed by atoms with Crippen molar-refractivity contribution in [3.63, 3.8) is 0 Å². The largest absolute Gasteiger partial charge is 0.223 e. The molecule has 248 valence electrons. The van der Waals surface area contributed by atoms with E-state index in [-0.39, 0.29) is 0 Å². The zero-order valence-corrected chi connectivity index (χ0v) is 28.4. The van der Waals surface area contributed by atoms with Crippen molar-refractivity contribution in [3.05, 3.63) is 146 Å². The number of benzene rings is 6. The van der Waals surface area contributed by atoms with Crippen LogP contribution in [0.5, 0.6) is 0 Å². The van der Waals surface area contributed by atoms with Crippen molar-refractivity contribution < 1.29 is 0 Å². The van der Waals surface area contributed by atoms with Crippen LogP contribution >= 0.6 is 0 Å². The minimum Gasteiger partial charge on any atom is -0.223 e. The van der Waals surface area contributed by atoms with Crippen molar-refractivity contribution in [1.82, 2.24) is 39.9 Å². The molecule has 0 bridgehead atoms. The van der Waals surface area contributed by atoms with Gasteiger partial charge in [-0.2, -0.15) is 0 Å². The first-order valence-electron chi connectivity index (χ1n) is 17.8. The summed E-state index contributed by atoms with van der Waals surface area (Å²) in [7, 11) is 0. The topological polar surface area (TPSA) is 103 Å². The van der Waals surface area contributed by atoms with Gasteiger partial charge >= 0.3 is 0 Å². The third-order valence-corrected chi connectivity index (χ3v) is 10.4. The molecule has 0 unspecified atom stereocenters. The highest BCUT2D eigenvalue weighted by molar-refractivity contribution is 6.25. The standard InChI is InChI=1S/C46H24N8/c1-5-13-25(14-6-1)35-36(26-15-7-2-8-16-26)48-44-43(47-35)51-39-29-21-22-31-34-32(24-23-30(33(29)34)40(39)52-44)42-41(31)53-45-46(54-42)50-38(28-19-11-4-12-20-28)37(49-45)27-17-9-3-10-18-27/h1-24H. The maximum atomic E-state index is 5.18. The zero-order chi connectivity index (χ0) is 35.3. The minimum absolute atomic E-state index is 0.505. The van der Waals surface area contributed by atoms with Crippen LogP contribution in [0.25, 0.3) is 123 Å². The lowest BCUT2D eigenvalue weighted by Gasteiger charge is -2.11. The maximum absolute atomic E-state index is 5.18. The fourth-order valence-corrected chi connectivity index (χ4v) is 8.00. The Morgan fingerprint density at radius 3 is 0.630 bits per heavy atom. The lowest BCUT2D eigenvalue weighted by atomic mass is 9.99. The van der Waals surface area contributed by atoms with Gasteiger partial charge in [0, 0.05) is 55.3 Å². The van der Waals surface area contributed by atoms with Gasteiger partial charge in [-0.05, 0) is 0 Å². The fourth-order valence-electron chi connectivity index (χ4n) is 8.00. The summed E-state index contributed by atoms with van der Waals surface area (Å²) >= 11 is 0. The van der Waals surface area contributed by atoms with E-state index in [1.807, 2.05) is 72.8 Å². The average molecular weight is 689 g/mol. The summed E-state index contributed by atoms with van der Waals surface area (Å²) in [6.45, 7) is 0. The van der Waals surface area contributed by atoms with E-state index in [0.29, 0.717) is 22.6 Å². The third-order valence-electron chi connectivity index (χ3n) is 10.4. The first kappa shape index (κ1) is 29.0. The van der Waals surface area contributed by atoms with Crippen LogP contribution in [-0.2, 0) is 0 Å². The molecule has 0 radical (unpaired) electrons. The van der Waals surface area contributed by atoms with E-state index >= 15 is 0 Å². The maximum Gasteiger partial charge on any atom is 0.199 e. The molecule has 0 amide bonds. The second-order valence-corrected chi connectivity index (χ2v) is 13.5. The summed E-state index contributed by atoms with van der Waals surface area (Å²) in [5, 5.41) is 2.17. The molecule has 4 aromatic heterocycles. The van der Waals surface area contributed by atoms with Gasteiger partial charge in [-0.1, -0.05) is 146 Å². The van der Waals surface area contributed by atoms with Crippen LogP contribution < -0.4 is 0 Å². The lowest BCUT2D eigenvalue weighted by molar-refractivity contribution is 1.17. The van der Waals surface area contributed by atoms with Crippen molar-refractivity contribution in [1.29, 1.82) is 0 Å². The van der Waals surface area contributed by atoms with Gasteiger partial charge in [-0.15, -0.1) is 0 Å². The van der Waals surface area contributed by atoms with Crippen molar-refractivity contribution >= 4 is 33.4 Å². The SMILES string of the molecule is c1ccc(-c2nc3nc4c(nc3nc2-c2ccccc2)-c2ccc3c5c(ccc-4c25)-c2nc4nc(-c5ccccc5)c(-c5ccccc5)nc4nc2-3)cc1. The van der Waals surface area contributed by atoms with Gasteiger partial charge < -0.3 is 0 Å². The van der Waals surface area contributed by atoms with Gasteiger partial charge in [0.2, 0.25) is 0 Å². The highest BCUT2D eigenvalue weighted by Crippen LogP contribution is 2.54. The van der Waals surface area contributed by atoms with Gasteiger partial charge in [0.1, 0.15) is 0 Å². The Bertz CT molecular complexity index is 2760. The summed E-state index contributed by atoms with van der Waals surface area (Å²) in [6.07, 6.45) is 0. The Balaban J connectivity index is 1.06. The number of hydrogen-bond donors (Lipinski definition) is 0. The first-order valence-corrected chi connectivity index (χ1v) is 17.8. The van der Waals surface area contributed by atoms with Crippen LogP contribution in [0.1, 0.15) is 0 Å². The summed E-state index contributed by atoms with van der Waals surface area (Å²) in [5.41, 5.74) is 16.2. The molecule has 12 rings (SSSR count). The van der Waals surface area contributed by atoms with E-state index in [9.17, 15) is 0 Å². The number of fused-ring (bicyclic) bond motifs is 8. The van der Waals surface area contributed by atoms with E-state index < -0.39 is 0 Å². The molecule has 6 aromatic carbocycles. The van der Waals surface area contributed by atoms with Gasteiger partial charge in [-0.25, -0.2) is 39.9 Å². The van der Waals surface area contributed by atoms with Crippen LogP contribution in [0.15, 0.2) is 146 Å². The Hall–Kier alpha value is -7.58. The van der Waals surface area contributed by atoms with Crippen molar-refractivity contribution in [2.24, 2.45) is 0 Å². The molecule has 2 aliphatic rings. The quantitative estimate of drug-likeness (QED) is 0.180. The summed E-state index contributed by atoms with van der Waals surface area (Å²) in [6, 6.07) is 49.0. The average Bonchev–Trinajstić information content (AvgIpc) is 3.73. The summed E-state index contributed by atoms with van der Waals surface area (Å²) in [5.74, 6) is 0. The number of hydrogen-bond acceptors (Lipinski definition) is 8. The van der Waals surface area contributed by atoms with Gasteiger partial charge in [0.25, 0.3) is 0 Å². The molecule has 0 atom stereocenters. The van der Waals surface area contributed by atoms with E-state index in [1.165, 1.54) is 0 Å². The Kier molecular flexibility index (Phi) is 5.90. The molecule has 4 heterocycles. The third kappa shape index (κ3) is 4.13. The molecule has 54 heavy (non-hydrogen) atoms. The Morgan fingerprint density at radius 2 is 0.407 bits per heavy atom. The summed E-state index contributed by atoms with van der Waals surface area (Å²) < 4.78 is 0. The molecule has 8 nitrogen and oxygen atoms in total. The monoisotopic (exact) mass is 688 g/mol. The van der Waals surface area contributed by atoms with Gasteiger partial charge in [0.05, 0.1) is 45.6 Å². The molecule has 0 saturated heterocycles. The van der Waals surface area contributed by atoms with E-state index in [4.69, 9.17) is 39.9 Å². The van der Waals surface area contributed by atoms with Crippen molar-refractivity contribution in [2.45, 2.75) is 0 Å². The molecular weight excluding hydrogens is 665 g/mol. The van der Waals surface area contributed by atoms with Crippen LogP contribution in [0.2, 0.25) is 0 Å². The second-order valence-electron chi connectivity index (χ2n) is 13.5. The normalized spacial score (nSPS) is 12.1. The van der Waals surface area contributed by atoms with Crippen LogP contribution in [-0.4, -0.2) is 39.9 Å². The predicted octanol–water partition coefficient (Wildman–Crippen LogP) is 10.3. The number of aromatic nitrogens is 8. The number of rotatable bonds is 4. The number of nitrogens with zero attached hydrogens (tertiary/aromatic N) is 8. The van der Waals surface area contributed by atoms with Crippen LogP contribution in [0.4, 0.5) is 0 Å². The van der Waals surface area contributed by atoms with Gasteiger partial charge in [-0.3, -0.25) is 0 Å². The molecule has 8 heteroatoms. The highest BCUT2D eigenvalue weighted by atomic mass is 15.0. The molecule has 0 aliphatic heterocycles. The second kappa shape index (κ2) is 11.0. The Morgan fingerprint density at radius 1 is 0.204 bits per heavy atom. The molecule has 0 fully saturated rings. The van der Waals surface area contributed by atoms with Gasteiger partial charge in [0.15, 0.2) is 22.6 Å². The van der Waals surface area contributed by atoms with E-state index in [1.54, 1.807) is 0 Å². The molecule has 2 aliphatic carbocycles. The van der Waals surface area contributed by atoms with Crippen molar-refractivity contribution in [2.75, 3.05) is 0 Å². The Labute approximate surface area is 308 Å². The molecule has 10 aromatic rings. The fraction of sp³-hybridized carbons (Fsp3) is 0. The van der Waals surface area contributed by atoms with E-state index in [0.717, 1.165) is 101 Å². The lowest BCUT2D eigenvalue weighted by Crippen LogP contribution is -2.01.